The number of para-hydroxylation sites is 2. The second-order valence-electron chi connectivity index (χ2n) is 9.13. The molecule has 0 aliphatic carbocycles. The van der Waals surface area contributed by atoms with Gasteiger partial charge in [-0.3, -0.25) is 9.59 Å². The molecule has 2 fully saturated rings. The molecule has 4 aromatic rings. The topological polar surface area (TPSA) is 107 Å². The van der Waals surface area contributed by atoms with E-state index in [1.807, 2.05) is 6.07 Å². The quantitative estimate of drug-likeness (QED) is 0.410. The number of hydrogen-bond donors (Lipinski definition) is 3. The lowest BCUT2D eigenvalue weighted by atomic mass is 9.95. The number of rotatable bonds is 3. The van der Waals surface area contributed by atoms with Crippen LogP contribution in [0.2, 0.25) is 0 Å². The number of carbonyl (C=O) groups is 2. The van der Waals surface area contributed by atoms with Crippen LogP contribution in [0.1, 0.15) is 52.2 Å². The Morgan fingerprint density at radius 2 is 1.66 bits per heavy atom. The summed E-state index contributed by atoms with van der Waals surface area (Å²) in [6.07, 6.45) is -0.369. The van der Waals surface area contributed by atoms with Gasteiger partial charge in [-0.2, -0.15) is 13.2 Å². The maximum Gasteiger partial charge on any atom is 0.449 e. The first-order valence-corrected chi connectivity index (χ1v) is 11.4. The Kier molecular flexibility index (Phi) is 4.83. The molecule has 2 aromatic heterocycles. The van der Waals surface area contributed by atoms with E-state index in [9.17, 15) is 22.8 Å². The van der Waals surface area contributed by atoms with Crippen LogP contribution >= 0.6 is 0 Å². The summed E-state index contributed by atoms with van der Waals surface area (Å²) in [6, 6.07) is 9.59. The molecule has 0 spiro atoms. The summed E-state index contributed by atoms with van der Waals surface area (Å²) in [5, 5.41) is 3.09. The number of benzene rings is 2. The second-order valence-corrected chi connectivity index (χ2v) is 9.13. The highest BCUT2D eigenvalue weighted by atomic mass is 19.4. The standard InChI is InChI=1S/C24H21F3N6O2/c25-24(26,27)23-31-18-6-2-4-16(20(18)32-23)22(35)33-13-7-8-14(33)10-12(9-13)30-21(34)15-3-1-5-17-19(15)29-11-28-17/h1-6,11-14H,7-10H2,(H,28,29)(H,30,34)(H,31,32)/t12?,13-,14+. The molecular weight excluding hydrogens is 461 g/mol. The van der Waals surface area contributed by atoms with Crippen LogP contribution in [0, 0.1) is 0 Å². The minimum Gasteiger partial charge on any atom is -0.349 e. The van der Waals surface area contributed by atoms with E-state index in [1.54, 1.807) is 29.4 Å². The number of alkyl halides is 3. The Morgan fingerprint density at radius 1 is 0.971 bits per heavy atom. The molecule has 6 rings (SSSR count). The van der Waals surface area contributed by atoms with E-state index in [2.05, 4.69) is 25.3 Å². The average Bonchev–Trinajstić information content (AvgIpc) is 3.53. The molecule has 3 N–H and O–H groups in total. The summed E-state index contributed by atoms with van der Waals surface area (Å²) in [6.45, 7) is 0. The van der Waals surface area contributed by atoms with Crippen molar-refractivity contribution in [1.29, 1.82) is 0 Å². The highest BCUT2D eigenvalue weighted by molar-refractivity contribution is 6.06. The van der Waals surface area contributed by atoms with Gasteiger partial charge in [-0.15, -0.1) is 0 Å². The van der Waals surface area contributed by atoms with Gasteiger partial charge in [0.25, 0.3) is 11.8 Å². The van der Waals surface area contributed by atoms with E-state index in [0.29, 0.717) is 23.9 Å². The van der Waals surface area contributed by atoms with E-state index >= 15 is 0 Å². The fourth-order valence-corrected chi connectivity index (χ4v) is 5.52. The van der Waals surface area contributed by atoms with Gasteiger partial charge in [0.2, 0.25) is 5.82 Å². The Bertz CT molecular complexity index is 1440. The fraction of sp³-hybridized carbons (Fsp3) is 0.333. The first-order chi connectivity index (χ1) is 16.8. The summed E-state index contributed by atoms with van der Waals surface area (Å²) in [5.74, 6) is -1.66. The van der Waals surface area contributed by atoms with Crippen LogP contribution in [0.3, 0.4) is 0 Å². The van der Waals surface area contributed by atoms with Gasteiger partial charge >= 0.3 is 6.18 Å². The Morgan fingerprint density at radius 3 is 2.37 bits per heavy atom. The number of fused-ring (bicyclic) bond motifs is 4. The molecule has 11 heteroatoms. The van der Waals surface area contributed by atoms with Crippen molar-refractivity contribution in [1.82, 2.24) is 30.2 Å². The monoisotopic (exact) mass is 482 g/mol. The molecule has 2 amide bonds. The van der Waals surface area contributed by atoms with Crippen LogP contribution in [0.4, 0.5) is 13.2 Å². The van der Waals surface area contributed by atoms with E-state index in [0.717, 1.165) is 18.4 Å². The van der Waals surface area contributed by atoms with Gasteiger partial charge in [0.1, 0.15) is 11.0 Å². The Balaban J connectivity index is 1.22. The molecule has 2 aromatic carbocycles. The lowest BCUT2D eigenvalue weighted by Crippen LogP contribution is -2.52. The highest BCUT2D eigenvalue weighted by Crippen LogP contribution is 2.38. The number of piperidine rings is 1. The Hall–Kier alpha value is -3.89. The maximum atomic E-state index is 13.5. The molecule has 4 heterocycles. The van der Waals surface area contributed by atoms with E-state index in [1.165, 1.54) is 12.1 Å². The third-order valence-electron chi connectivity index (χ3n) is 7.01. The van der Waals surface area contributed by atoms with Crippen molar-refractivity contribution >= 4 is 33.9 Å². The lowest BCUT2D eigenvalue weighted by Gasteiger charge is -2.39. The van der Waals surface area contributed by atoms with Crippen molar-refractivity contribution < 1.29 is 22.8 Å². The van der Waals surface area contributed by atoms with Crippen LogP contribution in [-0.4, -0.2) is 54.8 Å². The fourth-order valence-electron chi connectivity index (χ4n) is 5.52. The van der Waals surface area contributed by atoms with Gasteiger partial charge in [-0.1, -0.05) is 12.1 Å². The van der Waals surface area contributed by atoms with Gasteiger partial charge in [0, 0.05) is 18.1 Å². The zero-order chi connectivity index (χ0) is 24.3. The lowest BCUT2D eigenvalue weighted by molar-refractivity contribution is -0.144. The Labute approximate surface area is 196 Å². The molecule has 8 nitrogen and oxygen atoms in total. The number of hydrogen-bond acceptors (Lipinski definition) is 4. The first-order valence-electron chi connectivity index (χ1n) is 11.4. The second kappa shape index (κ2) is 7.82. The molecule has 0 saturated carbocycles. The van der Waals surface area contributed by atoms with Crippen molar-refractivity contribution in [3.8, 4) is 0 Å². The predicted octanol–water partition coefficient (Wildman–Crippen LogP) is 4.02. The van der Waals surface area contributed by atoms with Crippen LogP contribution in [0.5, 0.6) is 0 Å². The number of nitrogens with one attached hydrogen (secondary N) is 3. The van der Waals surface area contributed by atoms with Crippen molar-refractivity contribution in [2.45, 2.75) is 50.0 Å². The molecular formula is C24H21F3N6O2. The molecule has 180 valence electrons. The minimum absolute atomic E-state index is 0.0201. The summed E-state index contributed by atoms with van der Waals surface area (Å²) >= 11 is 0. The molecule has 35 heavy (non-hydrogen) atoms. The maximum absolute atomic E-state index is 13.5. The number of halogens is 3. The molecule has 2 aliphatic heterocycles. The van der Waals surface area contributed by atoms with E-state index in [-0.39, 0.29) is 46.5 Å². The number of aromatic nitrogens is 4. The van der Waals surface area contributed by atoms with E-state index in [4.69, 9.17) is 0 Å². The summed E-state index contributed by atoms with van der Waals surface area (Å²) in [7, 11) is 0. The third-order valence-corrected chi connectivity index (χ3v) is 7.01. The van der Waals surface area contributed by atoms with Gasteiger partial charge in [0.15, 0.2) is 0 Å². The first kappa shape index (κ1) is 21.6. The van der Waals surface area contributed by atoms with Crippen molar-refractivity contribution in [3.63, 3.8) is 0 Å². The number of aromatic amines is 2. The number of carbonyl (C=O) groups excluding carboxylic acids is 2. The molecule has 3 atom stereocenters. The van der Waals surface area contributed by atoms with Gasteiger partial charge < -0.3 is 20.2 Å². The predicted molar refractivity (Wildman–Crippen MR) is 121 cm³/mol. The number of imidazole rings is 2. The van der Waals surface area contributed by atoms with Gasteiger partial charge in [-0.05, 0) is 49.9 Å². The molecule has 2 aliphatic rings. The summed E-state index contributed by atoms with van der Waals surface area (Å²) in [5.41, 5.74) is 2.21. The molecule has 1 unspecified atom stereocenters. The van der Waals surface area contributed by atoms with E-state index < -0.39 is 12.0 Å². The molecule has 2 saturated heterocycles. The van der Waals surface area contributed by atoms with Gasteiger partial charge in [0.05, 0.1) is 28.5 Å². The largest absolute Gasteiger partial charge is 0.449 e. The average molecular weight is 482 g/mol. The molecule has 0 radical (unpaired) electrons. The summed E-state index contributed by atoms with van der Waals surface area (Å²) in [4.78, 5) is 41.4. The zero-order valence-corrected chi connectivity index (χ0v) is 18.4. The van der Waals surface area contributed by atoms with Crippen LogP contribution in [0.25, 0.3) is 22.1 Å². The number of nitrogens with zero attached hydrogens (tertiary/aromatic N) is 3. The third kappa shape index (κ3) is 3.62. The molecule has 2 bridgehead atoms. The smallest absolute Gasteiger partial charge is 0.349 e. The summed E-state index contributed by atoms with van der Waals surface area (Å²) < 4.78 is 39.5. The minimum atomic E-state index is -4.63. The SMILES string of the molecule is O=C(NC1C[C@H]2CC[C@@H](C1)N2C(=O)c1cccc2[nH]c(C(F)(F)F)nc12)c1cccc2[nH]cnc12. The number of amides is 2. The van der Waals surface area contributed by atoms with Crippen molar-refractivity contribution in [3.05, 3.63) is 59.7 Å². The number of H-pyrrole nitrogens is 2. The van der Waals surface area contributed by atoms with Crippen LogP contribution < -0.4 is 5.32 Å². The van der Waals surface area contributed by atoms with Crippen LogP contribution in [-0.2, 0) is 6.18 Å². The van der Waals surface area contributed by atoms with Crippen molar-refractivity contribution in [2.24, 2.45) is 0 Å². The van der Waals surface area contributed by atoms with Gasteiger partial charge in [-0.25, -0.2) is 9.97 Å². The normalized spacial score (nSPS) is 22.1. The highest BCUT2D eigenvalue weighted by Gasteiger charge is 2.44. The van der Waals surface area contributed by atoms with Crippen molar-refractivity contribution in [2.75, 3.05) is 0 Å². The van der Waals surface area contributed by atoms with Crippen LogP contribution in [0.15, 0.2) is 42.7 Å². The zero-order valence-electron chi connectivity index (χ0n) is 18.4.